The van der Waals surface area contributed by atoms with Gasteiger partial charge in [0.25, 0.3) is 0 Å². The minimum atomic E-state index is -0.289. The number of rotatable bonds is 7. The second-order valence-corrected chi connectivity index (χ2v) is 8.66. The van der Waals surface area contributed by atoms with E-state index in [1.54, 1.807) is 12.3 Å². The second-order valence-electron chi connectivity index (χ2n) is 6.89. The Labute approximate surface area is 202 Å². The van der Waals surface area contributed by atoms with Crippen molar-refractivity contribution in [2.24, 2.45) is 4.99 Å². The van der Waals surface area contributed by atoms with Crippen LogP contribution in [0.5, 0.6) is 17.2 Å². The summed E-state index contributed by atoms with van der Waals surface area (Å²) >= 11 is 7.05. The zero-order chi connectivity index (χ0) is 22.3. The van der Waals surface area contributed by atoms with Crippen LogP contribution in [-0.4, -0.2) is 6.21 Å². The van der Waals surface area contributed by atoms with Crippen molar-refractivity contribution in [2.45, 2.75) is 6.61 Å². The molecule has 0 saturated heterocycles. The first-order valence-electron chi connectivity index (χ1n) is 9.80. The SMILES string of the molecule is Fc1cccc(COc2c(Br)cc(Br)cc2C=Nc2ccc(Oc3ccccc3)cc2)c1. The van der Waals surface area contributed by atoms with Gasteiger partial charge < -0.3 is 9.47 Å². The zero-order valence-electron chi connectivity index (χ0n) is 16.8. The van der Waals surface area contributed by atoms with Gasteiger partial charge in [0.1, 0.15) is 29.7 Å². The Kier molecular flexibility index (Phi) is 7.35. The van der Waals surface area contributed by atoms with Crippen LogP contribution in [0.15, 0.2) is 105 Å². The molecule has 0 aliphatic carbocycles. The number of para-hydroxylation sites is 1. The van der Waals surface area contributed by atoms with Crippen molar-refractivity contribution in [1.29, 1.82) is 0 Å². The third kappa shape index (κ3) is 6.05. The Morgan fingerprint density at radius 3 is 2.31 bits per heavy atom. The Morgan fingerprint density at radius 1 is 0.812 bits per heavy atom. The summed E-state index contributed by atoms with van der Waals surface area (Å²) in [4.78, 5) is 4.57. The summed E-state index contributed by atoms with van der Waals surface area (Å²) in [5.74, 6) is 1.86. The van der Waals surface area contributed by atoms with Crippen LogP contribution in [0.1, 0.15) is 11.1 Å². The van der Waals surface area contributed by atoms with Gasteiger partial charge in [0.2, 0.25) is 0 Å². The molecule has 0 heterocycles. The summed E-state index contributed by atoms with van der Waals surface area (Å²) in [5, 5.41) is 0. The topological polar surface area (TPSA) is 30.8 Å². The Bertz CT molecular complexity index is 1230. The van der Waals surface area contributed by atoms with Gasteiger partial charge in [0.05, 0.1) is 10.2 Å². The molecule has 0 aromatic heterocycles. The van der Waals surface area contributed by atoms with E-state index in [9.17, 15) is 4.39 Å². The lowest BCUT2D eigenvalue weighted by molar-refractivity contribution is 0.303. The van der Waals surface area contributed by atoms with Crippen molar-refractivity contribution >= 4 is 43.8 Å². The van der Waals surface area contributed by atoms with Crippen molar-refractivity contribution in [2.75, 3.05) is 0 Å². The fourth-order valence-electron chi connectivity index (χ4n) is 2.98. The number of hydrogen-bond acceptors (Lipinski definition) is 3. The van der Waals surface area contributed by atoms with Crippen LogP contribution in [0.25, 0.3) is 0 Å². The Hall–Kier alpha value is -2.96. The van der Waals surface area contributed by atoms with E-state index in [-0.39, 0.29) is 12.4 Å². The van der Waals surface area contributed by atoms with E-state index in [0.717, 1.165) is 37.3 Å². The highest BCUT2D eigenvalue weighted by Crippen LogP contribution is 2.33. The fraction of sp³-hybridized carbons (Fsp3) is 0.0385. The molecule has 6 heteroatoms. The van der Waals surface area contributed by atoms with E-state index in [0.29, 0.717) is 5.75 Å². The molecule has 0 spiro atoms. The van der Waals surface area contributed by atoms with Gasteiger partial charge in [0.15, 0.2) is 0 Å². The molecule has 0 N–H and O–H groups in total. The van der Waals surface area contributed by atoms with E-state index in [2.05, 4.69) is 36.9 Å². The molecule has 0 atom stereocenters. The van der Waals surface area contributed by atoms with Crippen LogP contribution < -0.4 is 9.47 Å². The minimum absolute atomic E-state index is 0.240. The average Bonchev–Trinajstić information content (AvgIpc) is 2.78. The van der Waals surface area contributed by atoms with Gasteiger partial charge in [-0.25, -0.2) is 4.39 Å². The van der Waals surface area contributed by atoms with Gasteiger partial charge in [-0.05, 0) is 82.2 Å². The Morgan fingerprint density at radius 2 is 1.56 bits per heavy atom. The predicted octanol–water partition coefficient (Wildman–Crippen LogP) is 8.47. The van der Waals surface area contributed by atoms with Crippen LogP contribution >= 0.6 is 31.9 Å². The molecule has 0 amide bonds. The monoisotopic (exact) mass is 553 g/mol. The van der Waals surface area contributed by atoms with E-state index < -0.39 is 0 Å². The third-order valence-corrected chi connectivity index (χ3v) is 5.52. The number of aliphatic imine (C=N–C) groups is 1. The molecule has 0 aliphatic heterocycles. The molecular weight excluding hydrogens is 537 g/mol. The highest BCUT2D eigenvalue weighted by atomic mass is 79.9. The maximum Gasteiger partial charge on any atom is 0.142 e. The number of nitrogens with zero attached hydrogens (tertiary/aromatic N) is 1. The van der Waals surface area contributed by atoms with Gasteiger partial charge in [-0.3, -0.25) is 4.99 Å². The maximum atomic E-state index is 13.5. The highest BCUT2D eigenvalue weighted by Gasteiger charge is 2.10. The third-order valence-electron chi connectivity index (χ3n) is 4.48. The normalized spacial score (nSPS) is 11.0. The summed E-state index contributed by atoms with van der Waals surface area (Å²) < 4.78 is 26.9. The largest absolute Gasteiger partial charge is 0.487 e. The first-order valence-corrected chi connectivity index (χ1v) is 11.4. The van der Waals surface area contributed by atoms with E-state index in [4.69, 9.17) is 9.47 Å². The predicted molar refractivity (Wildman–Crippen MR) is 133 cm³/mol. The number of hydrogen-bond donors (Lipinski definition) is 0. The lowest BCUT2D eigenvalue weighted by Gasteiger charge is -2.12. The van der Waals surface area contributed by atoms with Crippen molar-refractivity contribution in [3.05, 3.63) is 117 Å². The van der Waals surface area contributed by atoms with Crippen molar-refractivity contribution in [1.82, 2.24) is 0 Å². The molecule has 4 aromatic rings. The minimum Gasteiger partial charge on any atom is -0.487 e. The molecule has 3 nitrogen and oxygen atoms in total. The van der Waals surface area contributed by atoms with Gasteiger partial charge in [-0.1, -0.05) is 46.3 Å². The second kappa shape index (κ2) is 10.6. The van der Waals surface area contributed by atoms with Crippen LogP contribution in [-0.2, 0) is 6.61 Å². The first kappa shape index (κ1) is 22.2. The van der Waals surface area contributed by atoms with E-state index >= 15 is 0 Å². The van der Waals surface area contributed by atoms with Crippen LogP contribution in [0.3, 0.4) is 0 Å². The van der Waals surface area contributed by atoms with Crippen LogP contribution in [0.2, 0.25) is 0 Å². The number of halogens is 3. The van der Waals surface area contributed by atoms with Crippen LogP contribution in [0, 0.1) is 5.82 Å². The molecule has 0 unspecified atom stereocenters. The highest BCUT2D eigenvalue weighted by molar-refractivity contribution is 9.11. The summed E-state index contributed by atoms with van der Waals surface area (Å²) in [5.41, 5.74) is 2.31. The molecule has 0 saturated carbocycles. The van der Waals surface area contributed by atoms with Gasteiger partial charge in [0, 0.05) is 16.3 Å². The molecule has 0 fully saturated rings. The van der Waals surface area contributed by atoms with Gasteiger partial charge in [-0.15, -0.1) is 0 Å². The molecule has 0 radical (unpaired) electrons. The van der Waals surface area contributed by atoms with Gasteiger partial charge in [-0.2, -0.15) is 0 Å². The van der Waals surface area contributed by atoms with Crippen molar-refractivity contribution in [3.8, 4) is 17.2 Å². The summed E-state index contributed by atoms with van der Waals surface area (Å²) in [7, 11) is 0. The zero-order valence-corrected chi connectivity index (χ0v) is 20.0. The lowest BCUT2D eigenvalue weighted by Crippen LogP contribution is -2.00. The van der Waals surface area contributed by atoms with E-state index in [1.165, 1.54) is 12.1 Å². The molecule has 4 aromatic carbocycles. The number of benzene rings is 4. The number of ether oxygens (including phenoxy) is 2. The lowest BCUT2D eigenvalue weighted by atomic mass is 10.2. The summed E-state index contributed by atoms with van der Waals surface area (Å²) in [6, 6.07) is 27.3. The maximum absolute atomic E-state index is 13.5. The smallest absolute Gasteiger partial charge is 0.142 e. The molecule has 4 rings (SSSR count). The average molecular weight is 555 g/mol. The summed E-state index contributed by atoms with van der Waals surface area (Å²) in [6.45, 7) is 0.240. The first-order chi connectivity index (χ1) is 15.6. The van der Waals surface area contributed by atoms with Gasteiger partial charge >= 0.3 is 0 Å². The van der Waals surface area contributed by atoms with E-state index in [1.807, 2.05) is 72.8 Å². The standard InChI is InChI=1S/C26H18Br2FNO2/c27-20-14-19(26(25(28)15-20)31-17-18-5-4-6-21(29)13-18)16-30-22-9-11-24(12-10-22)32-23-7-2-1-3-8-23/h1-16H,17H2. The molecule has 160 valence electrons. The van der Waals surface area contributed by atoms with Crippen molar-refractivity contribution in [3.63, 3.8) is 0 Å². The van der Waals surface area contributed by atoms with Crippen molar-refractivity contribution < 1.29 is 13.9 Å². The molecule has 0 bridgehead atoms. The molecule has 32 heavy (non-hydrogen) atoms. The molecular formula is C26H18Br2FNO2. The Balaban J connectivity index is 1.50. The van der Waals surface area contributed by atoms with Crippen LogP contribution in [0.4, 0.5) is 10.1 Å². The fourth-order valence-corrected chi connectivity index (χ4v) is 4.35. The molecule has 0 aliphatic rings. The quantitative estimate of drug-likeness (QED) is 0.214. The summed E-state index contributed by atoms with van der Waals surface area (Å²) in [6.07, 6.45) is 1.74.